The normalized spacial score (nSPS) is 14.5. The summed E-state index contributed by atoms with van der Waals surface area (Å²) < 4.78 is 39.2. The van der Waals surface area contributed by atoms with Crippen molar-refractivity contribution < 1.29 is 13.2 Å². The lowest BCUT2D eigenvalue weighted by molar-refractivity contribution is -0.124. The summed E-state index contributed by atoms with van der Waals surface area (Å²) in [4.78, 5) is 0. The third kappa shape index (κ3) is 3.44. The van der Waals surface area contributed by atoms with Gasteiger partial charge in [0.1, 0.15) is 0 Å². The number of fused-ring (bicyclic) bond motifs is 2. The molecule has 0 radical (unpaired) electrons. The minimum absolute atomic E-state index is 0.334. The molecule has 3 rings (SSSR count). The predicted octanol–water partition coefficient (Wildman–Crippen LogP) is 3.66. The average molecular weight is 339 g/mol. The first kappa shape index (κ1) is 17.3. The molecule has 3 nitrogen and oxygen atoms in total. The van der Waals surface area contributed by atoms with Crippen LogP contribution in [0.25, 0.3) is 10.9 Å². The van der Waals surface area contributed by atoms with Crippen LogP contribution in [0.2, 0.25) is 0 Å². The van der Waals surface area contributed by atoms with Gasteiger partial charge in [-0.25, -0.2) is 0 Å². The molecular formula is C18H24F3N3. The average Bonchev–Trinajstić information content (AvgIpc) is 3.06. The van der Waals surface area contributed by atoms with E-state index < -0.39 is 12.7 Å². The molecule has 0 atom stereocenters. The molecule has 132 valence electrons. The Hall–Kier alpha value is -1.53. The molecule has 1 aromatic carbocycles. The Labute approximate surface area is 140 Å². The molecule has 1 aromatic heterocycles. The number of aryl methyl sites for hydroxylation is 1. The van der Waals surface area contributed by atoms with Crippen molar-refractivity contribution in [1.29, 1.82) is 0 Å². The van der Waals surface area contributed by atoms with Gasteiger partial charge in [0.25, 0.3) is 0 Å². The van der Waals surface area contributed by atoms with Crippen molar-refractivity contribution in [3.63, 3.8) is 0 Å². The molecule has 6 heteroatoms. The van der Waals surface area contributed by atoms with Gasteiger partial charge in [0.05, 0.1) is 6.54 Å². The van der Waals surface area contributed by atoms with Crippen LogP contribution < -0.4 is 10.6 Å². The molecule has 0 saturated carbocycles. The zero-order valence-corrected chi connectivity index (χ0v) is 14.2. The number of alkyl halides is 3. The summed E-state index contributed by atoms with van der Waals surface area (Å²) in [5.41, 5.74) is 6.20. The van der Waals surface area contributed by atoms with Gasteiger partial charge in [-0.15, -0.1) is 0 Å². The topological polar surface area (TPSA) is 29.0 Å². The molecule has 0 bridgehead atoms. The summed E-state index contributed by atoms with van der Waals surface area (Å²) in [6.07, 6.45) is -2.51. The maximum atomic E-state index is 12.3. The van der Waals surface area contributed by atoms with Crippen LogP contribution in [0.1, 0.15) is 35.7 Å². The molecule has 0 unspecified atom stereocenters. The van der Waals surface area contributed by atoms with Crippen molar-refractivity contribution >= 4 is 10.9 Å². The van der Waals surface area contributed by atoms with E-state index in [0.717, 1.165) is 26.1 Å². The van der Waals surface area contributed by atoms with Gasteiger partial charge in [0.15, 0.2) is 0 Å². The van der Waals surface area contributed by atoms with Gasteiger partial charge in [0.2, 0.25) is 0 Å². The Bertz CT molecular complexity index is 731. The van der Waals surface area contributed by atoms with Crippen LogP contribution in [0.4, 0.5) is 13.2 Å². The molecule has 0 fully saturated rings. The van der Waals surface area contributed by atoms with Gasteiger partial charge in [-0.05, 0) is 55.1 Å². The van der Waals surface area contributed by atoms with E-state index in [-0.39, 0.29) is 0 Å². The summed E-state index contributed by atoms with van der Waals surface area (Å²) in [7, 11) is 0. The van der Waals surface area contributed by atoms with Crippen LogP contribution in [-0.4, -0.2) is 23.8 Å². The van der Waals surface area contributed by atoms with Crippen molar-refractivity contribution in [2.45, 2.75) is 52.5 Å². The fourth-order valence-corrected chi connectivity index (χ4v) is 3.61. The number of nitrogens with one attached hydrogen (secondary N) is 2. The SMILES string of the molecule is CCCn1c(C)c(CCNCC(F)(F)F)c2cc3c(cc21)CNC3. The third-order valence-corrected chi connectivity index (χ3v) is 4.73. The van der Waals surface area contributed by atoms with E-state index in [1.165, 1.54) is 33.3 Å². The number of hydrogen-bond acceptors (Lipinski definition) is 2. The van der Waals surface area contributed by atoms with E-state index >= 15 is 0 Å². The van der Waals surface area contributed by atoms with Crippen molar-refractivity contribution in [2.75, 3.05) is 13.1 Å². The van der Waals surface area contributed by atoms with Gasteiger partial charge in [0, 0.05) is 36.2 Å². The van der Waals surface area contributed by atoms with Gasteiger partial charge in [-0.1, -0.05) is 6.92 Å². The molecule has 1 aliphatic rings. The summed E-state index contributed by atoms with van der Waals surface area (Å²) >= 11 is 0. The van der Waals surface area contributed by atoms with Crippen LogP contribution in [0.5, 0.6) is 0 Å². The summed E-state index contributed by atoms with van der Waals surface area (Å²) in [5.74, 6) is 0. The maximum absolute atomic E-state index is 12.3. The largest absolute Gasteiger partial charge is 0.401 e. The fourth-order valence-electron chi connectivity index (χ4n) is 3.61. The smallest absolute Gasteiger partial charge is 0.345 e. The van der Waals surface area contributed by atoms with Crippen LogP contribution in [0.3, 0.4) is 0 Å². The number of aromatic nitrogens is 1. The minimum Gasteiger partial charge on any atom is -0.345 e. The lowest BCUT2D eigenvalue weighted by Gasteiger charge is -2.09. The summed E-state index contributed by atoms with van der Waals surface area (Å²) in [6.45, 7) is 6.33. The Morgan fingerprint density at radius 2 is 1.92 bits per heavy atom. The van der Waals surface area contributed by atoms with E-state index in [9.17, 15) is 13.2 Å². The molecule has 0 amide bonds. The molecule has 0 aliphatic carbocycles. The molecule has 24 heavy (non-hydrogen) atoms. The standard InChI is InChI=1S/C18H24F3N3/c1-3-6-24-12(2)15(4-5-22-11-18(19,20)21)16-7-13-9-23-10-14(13)8-17(16)24/h7-8,22-23H,3-6,9-11H2,1-2H3. The maximum Gasteiger partial charge on any atom is 0.401 e. The van der Waals surface area contributed by atoms with Gasteiger partial charge in [-0.3, -0.25) is 0 Å². The second-order valence-electron chi connectivity index (χ2n) is 6.50. The Balaban J connectivity index is 1.90. The monoisotopic (exact) mass is 339 g/mol. The first-order chi connectivity index (χ1) is 11.4. The van der Waals surface area contributed by atoms with E-state index in [4.69, 9.17) is 0 Å². The predicted molar refractivity (Wildman–Crippen MR) is 90.1 cm³/mol. The number of halogens is 3. The zero-order chi connectivity index (χ0) is 17.3. The minimum atomic E-state index is -4.16. The highest BCUT2D eigenvalue weighted by Crippen LogP contribution is 2.31. The van der Waals surface area contributed by atoms with Gasteiger partial charge in [-0.2, -0.15) is 13.2 Å². The highest BCUT2D eigenvalue weighted by molar-refractivity contribution is 5.87. The number of rotatable bonds is 6. The van der Waals surface area contributed by atoms with Crippen LogP contribution in [0, 0.1) is 6.92 Å². The van der Waals surface area contributed by atoms with E-state index in [2.05, 4.69) is 41.2 Å². The quantitative estimate of drug-likeness (QED) is 0.787. The second-order valence-corrected chi connectivity index (χ2v) is 6.50. The molecule has 0 saturated heterocycles. The number of nitrogens with zero attached hydrogens (tertiary/aromatic N) is 1. The lowest BCUT2D eigenvalue weighted by Crippen LogP contribution is -2.30. The lowest BCUT2D eigenvalue weighted by atomic mass is 10.0. The second kappa shape index (κ2) is 6.76. The Morgan fingerprint density at radius 1 is 1.21 bits per heavy atom. The molecule has 2 aromatic rings. The van der Waals surface area contributed by atoms with Gasteiger partial charge < -0.3 is 15.2 Å². The molecule has 0 spiro atoms. The first-order valence-corrected chi connectivity index (χ1v) is 8.52. The highest BCUT2D eigenvalue weighted by Gasteiger charge is 2.26. The van der Waals surface area contributed by atoms with E-state index in [0.29, 0.717) is 13.0 Å². The van der Waals surface area contributed by atoms with E-state index in [1.54, 1.807) is 0 Å². The van der Waals surface area contributed by atoms with Crippen molar-refractivity contribution in [3.8, 4) is 0 Å². The summed E-state index contributed by atoms with van der Waals surface area (Å²) in [6, 6.07) is 4.48. The van der Waals surface area contributed by atoms with Crippen molar-refractivity contribution in [1.82, 2.24) is 15.2 Å². The van der Waals surface area contributed by atoms with Crippen molar-refractivity contribution in [2.24, 2.45) is 0 Å². The van der Waals surface area contributed by atoms with Crippen molar-refractivity contribution in [3.05, 3.63) is 34.5 Å². The summed E-state index contributed by atoms with van der Waals surface area (Å²) in [5, 5.41) is 7.06. The third-order valence-electron chi connectivity index (χ3n) is 4.73. The van der Waals surface area contributed by atoms with Crippen LogP contribution >= 0.6 is 0 Å². The molecule has 1 aliphatic heterocycles. The first-order valence-electron chi connectivity index (χ1n) is 8.52. The van der Waals surface area contributed by atoms with Crippen LogP contribution in [-0.2, 0) is 26.1 Å². The number of benzene rings is 1. The zero-order valence-electron chi connectivity index (χ0n) is 14.2. The molecule has 2 N–H and O–H groups in total. The van der Waals surface area contributed by atoms with Gasteiger partial charge >= 0.3 is 6.18 Å². The van der Waals surface area contributed by atoms with E-state index in [1.807, 2.05) is 0 Å². The number of hydrogen-bond donors (Lipinski definition) is 2. The Morgan fingerprint density at radius 3 is 2.58 bits per heavy atom. The molecule has 2 heterocycles. The van der Waals surface area contributed by atoms with Crippen LogP contribution in [0.15, 0.2) is 12.1 Å². The fraction of sp³-hybridized carbons (Fsp3) is 0.556. The Kier molecular flexibility index (Phi) is 4.88. The molecular weight excluding hydrogens is 315 g/mol. The highest BCUT2D eigenvalue weighted by atomic mass is 19.4.